The molecule has 4 heterocycles. The molecule has 0 saturated carbocycles. The van der Waals surface area contributed by atoms with Crippen LogP contribution in [0.3, 0.4) is 0 Å². The molecule has 1 saturated heterocycles. The number of hydrogen-bond donors (Lipinski definition) is 0. The molecule has 2 unspecified atom stereocenters. The van der Waals surface area contributed by atoms with E-state index in [-0.39, 0.29) is 18.4 Å². The first kappa shape index (κ1) is 18.8. The van der Waals surface area contributed by atoms with Gasteiger partial charge in [0.1, 0.15) is 0 Å². The van der Waals surface area contributed by atoms with Crippen molar-refractivity contribution in [2.24, 2.45) is 5.10 Å². The highest BCUT2D eigenvalue weighted by atomic mass is 16.7. The van der Waals surface area contributed by atoms with Gasteiger partial charge in [0.05, 0.1) is 31.1 Å². The minimum Gasteiger partial charge on any atom is -0.493 e. The van der Waals surface area contributed by atoms with Crippen LogP contribution in [-0.4, -0.2) is 42.6 Å². The molecule has 0 bridgehead atoms. The Kier molecular flexibility index (Phi) is 3.96. The van der Waals surface area contributed by atoms with Crippen molar-refractivity contribution in [3.05, 3.63) is 47.5 Å². The van der Waals surface area contributed by atoms with Crippen molar-refractivity contribution < 1.29 is 23.7 Å². The second kappa shape index (κ2) is 6.53. The summed E-state index contributed by atoms with van der Waals surface area (Å²) in [5, 5.41) is 7.31. The fourth-order valence-electron chi connectivity index (χ4n) is 5.25. The highest BCUT2D eigenvalue weighted by Crippen LogP contribution is 2.54. The zero-order valence-corrected chi connectivity index (χ0v) is 18.0. The topological polar surface area (TPSA) is 61.8 Å². The zero-order valence-electron chi connectivity index (χ0n) is 18.0. The molecule has 0 amide bonds. The fourth-order valence-corrected chi connectivity index (χ4v) is 5.25. The third-order valence-corrected chi connectivity index (χ3v) is 6.60. The Labute approximate surface area is 181 Å². The number of methoxy groups -OCH3 is 1. The minimum atomic E-state index is -0.577. The molecule has 1 spiro atoms. The van der Waals surface area contributed by atoms with Crippen molar-refractivity contribution in [1.29, 1.82) is 0 Å². The zero-order chi connectivity index (χ0) is 21.2. The van der Waals surface area contributed by atoms with Crippen LogP contribution in [0.15, 0.2) is 41.5 Å². The molecule has 0 aliphatic carbocycles. The van der Waals surface area contributed by atoms with Gasteiger partial charge in [0.2, 0.25) is 12.5 Å². The lowest BCUT2D eigenvalue weighted by Crippen LogP contribution is -2.60. The highest BCUT2D eigenvalue weighted by Gasteiger charge is 2.55. The summed E-state index contributed by atoms with van der Waals surface area (Å²) in [5.41, 5.74) is 2.29. The van der Waals surface area contributed by atoms with Crippen molar-refractivity contribution in [3.63, 3.8) is 0 Å². The molecule has 7 nitrogen and oxygen atoms in total. The molecular formula is C24H26N2O5. The number of hydrogen-bond acceptors (Lipinski definition) is 7. The molecule has 4 aliphatic heterocycles. The fraction of sp³-hybridized carbons (Fsp3) is 0.458. The van der Waals surface area contributed by atoms with Crippen LogP contribution in [0.5, 0.6) is 23.0 Å². The lowest BCUT2D eigenvalue weighted by molar-refractivity contribution is -0.212. The molecule has 1 fully saturated rings. The summed E-state index contributed by atoms with van der Waals surface area (Å²) in [4.78, 5) is 0. The van der Waals surface area contributed by atoms with Crippen molar-refractivity contribution in [2.45, 2.75) is 50.5 Å². The molecule has 2 aromatic carbocycles. The number of rotatable bonds is 2. The van der Waals surface area contributed by atoms with Crippen molar-refractivity contribution in [2.75, 3.05) is 20.5 Å². The van der Waals surface area contributed by atoms with E-state index in [9.17, 15) is 0 Å². The molecule has 7 heteroatoms. The molecule has 6 rings (SSSR count). The quantitative estimate of drug-likeness (QED) is 0.721. The van der Waals surface area contributed by atoms with Gasteiger partial charge in [-0.2, -0.15) is 5.10 Å². The van der Waals surface area contributed by atoms with Gasteiger partial charge in [-0.25, -0.2) is 5.01 Å². The molecular weight excluding hydrogens is 396 g/mol. The summed E-state index contributed by atoms with van der Waals surface area (Å²) >= 11 is 0. The lowest BCUT2D eigenvalue weighted by atomic mass is 9.86. The van der Waals surface area contributed by atoms with E-state index >= 15 is 0 Å². The number of para-hydroxylation sites is 1. The molecule has 4 aliphatic rings. The maximum atomic E-state index is 6.76. The number of nitrogens with zero attached hydrogens (tertiary/aromatic N) is 2. The summed E-state index contributed by atoms with van der Waals surface area (Å²) in [6.45, 7) is 5.11. The third-order valence-electron chi connectivity index (χ3n) is 6.60. The van der Waals surface area contributed by atoms with Crippen molar-refractivity contribution in [1.82, 2.24) is 5.01 Å². The Bertz CT molecular complexity index is 1080. The van der Waals surface area contributed by atoms with Gasteiger partial charge in [0, 0.05) is 30.4 Å². The Morgan fingerprint density at radius 1 is 1.13 bits per heavy atom. The van der Waals surface area contributed by atoms with E-state index in [1.165, 1.54) is 0 Å². The molecule has 0 radical (unpaired) electrons. The van der Waals surface area contributed by atoms with E-state index in [2.05, 4.69) is 31.0 Å². The number of fused-ring (bicyclic) bond motifs is 5. The van der Waals surface area contributed by atoms with Gasteiger partial charge in [-0.15, -0.1) is 0 Å². The minimum absolute atomic E-state index is 0.0770. The average Bonchev–Trinajstić information content (AvgIpc) is 3.40. The van der Waals surface area contributed by atoms with Gasteiger partial charge in [0.15, 0.2) is 23.0 Å². The smallest absolute Gasteiger partial charge is 0.231 e. The first-order valence-electron chi connectivity index (χ1n) is 10.7. The van der Waals surface area contributed by atoms with E-state index in [1.807, 2.05) is 24.3 Å². The van der Waals surface area contributed by atoms with E-state index in [0.717, 1.165) is 52.7 Å². The molecule has 162 valence electrons. The van der Waals surface area contributed by atoms with Crippen LogP contribution in [0.25, 0.3) is 0 Å². The highest BCUT2D eigenvalue weighted by molar-refractivity contribution is 6.02. The molecule has 31 heavy (non-hydrogen) atoms. The first-order chi connectivity index (χ1) is 15.0. The number of hydrazone groups is 1. The summed E-state index contributed by atoms with van der Waals surface area (Å²) < 4.78 is 29.5. The van der Waals surface area contributed by atoms with Gasteiger partial charge in [0.25, 0.3) is 0 Å². The second-order valence-electron chi connectivity index (χ2n) is 9.14. The van der Waals surface area contributed by atoms with E-state index in [4.69, 9.17) is 28.8 Å². The van der Waals surface area contributed by atoms with Gasteiger partial charge < -0.3 is 23.7 Å². The van der Waals surface area contributed by atoms with Crippen molar-refractivity contribution >= 4 is 5.71 Å². The van der Waals surface area contributed by atoms with Crippen LogP contribution < -0.4 is 18.9 Å². The van der Waals surface area contributed by atoms with Crippen LogP contribution in [0, 0.1) is 0 Å². The average molecular weight is 422 g/mol. The largest absolute Gasteiger partial charge is 0.493 e. The Balaban J connectivity index is 1.46. The monoisotopic (exact) mass is 422 g/mol. The maximum Gasteiger partial charge on any atom is 0.231 e. The van der Waals surface area contributed by atoms with Crippen LogP contribution in [0.2, 0.25) is 0 Å². The lowest BCUT2D eigenvalue weighted by Gasteiger charge is -2.52. The summed E-state index contributed by atoms with van der Waals surface area (Å²) in [6, 6.07) is 12.2. The summed E-state index contributed by atoms with van der Waals surface area (Å²) in [6.07, 6.45) is 2.24. The molecule has 0 N–H and O–H groups in total. The summed E-state index contributed by atoms with van der Waals surface area (Å²) in [7, 11) is 1.69. The summed E-state index contributed by atoms with van der Waals surface area (Å²) in [5.74, 6) is 3.13. The second-order valence-corrected chi connectivity index (χ2v) is 9.14. The first-order valence-corrected chi connectivity index (χ1v) is 10.7. The Morgan fingerprint density at radius 3 is 2.84 bits per heavy atom. The molecule has 0 aromatic heterocycles. The van der Waals surface area contributed by atoms with Crippen LogP contribution >= 0.6 is 0 Å². The molecule has 2 atom stereocenters. The Hall–Kier alpha value is -2.93. The van der Waals surface area contributed by atoms with Gasteiger partial charge in [-0.1, -0.05) is 12.1 Å². The Morgan fingerprint density at radius 2 is 2.00 bits per heavy atom. The maximum absolute atomic E-state index is 6.76. The van der Waals surface area contributed by atoms with Crippen molar-refractivity contribution in [3.8, 4) is 23.0 Å². The van der Waals surface area contributed by atoms with Gasteiger partial charge in [-0.05, 0) is 38.1 Å². The normalized spacial score (nSPS) is 27.4. The predicted octanol–water partition coefficient (Wildman–Crippen LogP) is 4.25. The van der Waals surface area contributed by atoms with Crippen LogP contribution in [0.4, 0.5) is 0 Å². The third kappa shape index (κ3) is 2.86. The predicted molar refractivity (Wildman–Crippen MR) is 114 cm³/mol. The standard InChI is InChI=1S/C24H26N2O5/c1-23(2)13-24(9-10-30-23)26-18(16-5-4-6-20(27-3)22(16)31-24)12-17(25-26)15-7-8-19-21(11-15)29-14-28-19/h4-8,11,18H,9-10,12-14H2,1-3H3. The van der Waals surface area contributed by atoms with Crippen LogP contribution in [0.1, 0.15) is 50.3 Å². The van der Waals surface area contributed by atoms with Gasteiger partial charge in [-0.3, -0.25) is 0 Å². The molecule has 2 aromatic rings. The van der Waals surface area contributed by atoms with E-state index in [0.29, 0.717) is 13.0 Å². The SMILES string of the molecule is COc1cccc2c1OC1(CCOC(C)(C)C1)N1N=C(c3ccc4c(c3)OCO4)CC21. The number of ether oxygens (including phenoxy) is 5. The van der Waals surface area contributed by atoms with Gasteiger partial charge >= 0.3 is 0 Å². The van der Waals surface area contributed by atoms with Crippen LogP contribution in [-0.2, 0) is 4.74 Å². The van der Waals surface area contributed by atoms with E-state index in [1.54, 1.807) is 7.11 Å². The van der Waals surface area contributed by atoms with E-state index < -0.39 is 5.72 Å². The number of benzene rings is 2.